The monoisotopic (exact) mass is 385 g/mol. The minimum Gasteiger partial charge on any atom is -0.497 e. The summed E-state index contributed by atoms with van der Waals surface area (Å²) >= 11 is 0. The van der Waals surface area contributed by atoms with Crippen LogP contribution in [-0.2, 0) is 0 Å². The molecule has 0 spiro atoms. The van der Waals surface area contributed by atoms with Gasteiger partial charge in [0.2, 0.25) is 0 Å². The standard InChI is InChI=1S/C25H23NO3/c1-14-23(20-11-15(27-2)9-10-21(20)26-14)25-18-8-6-5-7-17(18)19-12-16(28-3)13-22(29-4)24(19)25/h5-13,25-26H,1-4H3/t25-/m0/s1. The van der Waals surface area contributed by atoms with Crippen LogP contribution in [0.4, 0.5) is 0 Å². The molecule has 5 rings (SSSR count). The second-order valence-corrected chi connectivity index (χ2v) is 7.39. The van der Waals surface area contributed by atoms with Crippen LogP contribution in [0.25, 0.3) is 22.0 Å². The van der Waals surface area contributed by atoms with E-state index < -0.39 is 0 Å². The lowest BCUT2D eigenvalue weighted by atomic mass is 9.87. The van der Waals surface area contributed by atoms with Crippen molar-refractivity contribution in [3.8, 4) is 28.4 Å². The van der Waals surface area contributed by atoms with E-state index in [0.717, 1.165) is 28.5 Å². The number of aromatic nitrogens is 1. The normalized spacial score (nSPS) is 14.6. The van der Waals surface area contributed by atoms with Crippen LogP contribution in [0.3, 0.4) is 0 Å². The summed E-state index contributed by atoms with van der Waals surface area (Å²) in [5, 5.41) is 1.17. The van der Waals surface area contributed by atoms with Gasteiger partial charge in [0.1, 0.15) is 17.2 Å². The Morgan fingerprint density at radius 3 is 2.31 bits per heavy atom. The van der Waals surface area contributed by atoms with Crippen molar-refractivity contribution in [2.75, 3.05) is 21.3 Å². The molecule has 1 atom stereocenters. The third kappa shape index (κ3) is 2.52. The minimum atomic E-state index is 0.0721. The summed E-state index contributed by atoms with van der Waals surface area (Å²) in [6.07, 6.45) is 0. The lowest BCUT2D eigenvalue weighted by Crippen LogP contribution is -2.03. The predicted molar refractivity (Wildman–Crippen MR) is 116 cm³/mol. The summed E-state index contributed by atoms with van der Waals surface area (Å²) < 4.78 is 16.9. The van der Waals surface area contributed by atoms with Crippen molar-refractivity contribution in [2.45, 2.75) is 12.8 Å². The number of nitrogens with one attached hydrogen (secondary N) is 1. The van der Waals surface area contributed by atoms with E-state index in [1.165, 1.54) is 33.2 Å². The van der Waals surface area contributed by atoms with Crippen LogP contribution in [0.5, 0.6) is 17.2 Å². The van der Waals surface area contributed by atoms with E-state index in [1.54, 1.807) is 21.3 Å². The molecule has 1 aliphatic carbocycles. The van der Waals surface area contributed by atoms with Crippen molar-refractivity contribution < 1.29 is 14.2 Å². The molecule has 0 bridgehead atoms. The van der Waals surface area contributed by atoms with Gasteiger partial charge in [0.05, 0.1) is 21.3 Å². The summed E-state index contributed by atoms with van der Waals surface area (Å²) in [5.41, 5.74) is 8.37. The molecule has 0 fully saturated rings. The van der Waals surface area contributed by atoms with Crippen LogP contribution >= 0.6 is 0 Å². The van der Waals surface area contributed by atoms with Gasteiger partial charge in [-0.25, -0.2) is 0 Å². The molecule has 1 N–H and O–H groups in total. The van der Waals surface area contributed by atoms with Gasteiger partial charge in [0.15, 0.2) is 0 Å². The Morgan fingerprint density at radius 1 is 0.759 bits per heavy atom. The molecule has 0 amide bonds. The number of H-pyrrole nitrogens is 1. The molecule has 4 aromatic rings. The highest BCUT2D eigenvalue weighted by atomic mass is 16.5. The zero-order valence-corrected chi connectivity index (χ0v) is 17.0. The smallest absolute Gasteiger partial charge is 0.127 e. The third-order valence-corrected chi connectivity index (χ3v) is 5.95. The Kier molecular flexibility index (Phi) is 4.02. The van der Waals surface area contributed by atoms with Crippen LogP contribution in [0.2, 0.25) is 0 Å². The van der Waals surface area contributed by atoms with Gasteiger partial charge in [-0.1, -0.05) is 24.3 Å². The van der Waals surface area contributed by atoms with Crippen LogP contribution in [-0.4, -0.2) is 26.3 Å². The maximum atomic E-state index is 5.84. The highest BCUT2D eigenvalue weighted by Crippen LogP contribution is 2.54. The van der Waals surface area contributed by atoms with E-state index in [-0.39, 0.29) is 5.92 Å². The maximum Gasteiger partial charge on any atom is 0.127 e. The first-order valence-electron chi connectivity index (χ1n) is 9.67. The van der Waals surface area contributed by atoms with Crippen molar-refractivity contribution in [1.82, 2.24) is 4.98 Å². The van der Waals surface area contributed by atoms with Gasteiger partial charge in [-0.15, -0.1) is 0 Å². The lowest BCUT2D eigenvalue weighted by Gasteiger charge is -2.18. The van der Waals surface area contributed by atoms with Crippen LogP contribution < -0.4 is 14.2 Å². The average molecular weight is 385 g/mol. The molecule has 29 heavy (non-hydrogen) atoms. The molecule has 1 heterocycles. The summed E-state index contributed by atoms with van der Waals surface area (Å²) in [6.45, 7) is 2.14. The summed E-state index contributed by atoms with van der Waals surface area (Å²) in [5.74, 6) is 2.57. The van der Waals surface area contributed by atoms with Gasteiger partial charge in [0.25, 0.3) is 0 Å². The van der Waals surface area contributed by atoms with Crippen molar-refractivity contribution >= 4 is 10.9 Å². The van der Waals surface area contributed by atoms with Gasteiger partial charge in [-0.2, -0.15) is 0 Å². The molecular formula is C25H23NO3. The molecule has 146 valence electrons. The first kappa shape index (κ1) is 17.7. The number of aryl methyl sites for hydroxylation is 1. The van der Waals surface area contributed by atoms with Gasteiger partial charge in [-0.05, 0) is 53.4 Å². The summed E-state index contributed by atoms with van der Waals surface area (Å²) in [6, 6.07) is 18.9. The second-order valence-electron chi connectivity index (χ2n) is 7.39. The van der Waals surface area contributed by atoms with Gasteiger partial charge >= 0.3 is 0 Å². The predicted octanol–water partition coefficient (Wildman–Crippen LogP) is 5.66. The third-order valence-electron chi connectivity index (χ3n) is 5.95. The lowest BCUT2D eigenvalue weighted by molar-refractivity contribution is 0.391. The molecule has 4 nitrogen and oxygen atoms in total. The van der Waals surface area contributed by atoms with E-state index in [0.29, 0.717) is 0 Å². The number of ether oxygens (including phenoxy) is 3. The number of hydrogen-bond acceptors (Lipinski definition) is 3. The van der Waals surface area contributed by atoms with E-state index in [9.17, 15) is 0 Å². The Balaban J connectivity index is 1.86. The first-order chi connectivity index (χ1) is 14.2. The number of rotatable bonds is 4. The summed E-state index contributed by atoms with van der Waals surface area (Å²) in [4.78, 5) is 3.56. The molecular weight excluding hydrogens is 362 g/mol. The fourth-order valence-electron chi connectivity index (χ4n) is 4.68. The molecule has 0 unspecified atom stereocenters. The Hall–Kier alpha value is -3.40. The average Bonchev–Trinajstić information content (AvgIpc) is 3.25. The zero-order valence-electron chi connectivity index (χ0n) is 17.0. The molecule has 1 aromatic heterocycles. The number of aromatic amines is 1. The Morgan fingerprint density at radius 2 is 1.55 bits per heavy atom. The maximum absolute atomic E-state index is 5.84. The van der Waals surface area contributed by atoms with Gasteiger partial charge in [-0.3, -0.25) is 0 Å². The van der Waals surface area contributed by atoms with Gasteiger partial charge < -0.3 is 19.2 Å². The molecule has 3 aromatic carbocycles. The highest BCUT2D eigenvalue weighted by molar-refractivity contribution is 5.92. The van der Waals surface area contributed by atoms with Crippen molar-refractivity contribution in [2.24, 2.45) is 0 Å². The second kappa shape index (κ2) is 6.59. The highest BCUT2D eigenvalue weighted by Gasteiger charge is 2.35. The van der Waals surface area contributed by atoms with Crippen LogP contribution in [0.15, 0.2) is 54.6 Å². The van der Waals surface area contributed by atoms with Crippen molar-refractivity contribution in [3.05, 3.63) is 77.0 Å². The van der Waals surface area contributed by atoms with E-state index in [1.807, 2.05) is 12.1 Å². The Bertz CT molecular complexity index is 1240. The van der Waals surface area contributed by atoms with Crippen LogP contribution in [0.1, 0.15) is 28.3 Å². The minimum absolute atomic E-state index is 0.0721. The molecule has 0 saturated carbocycles. The largest absolute Gasteiger partial charge is 0.497 e. The first-order valence-corrected chi connectivity index (χ1v) is 9.67. The fraction of sp³-hybridized carbons (Fsp3) is 0.200. The number of benzene rings is 3. The fourth-order valence-corrected chi connectivity index (χ4v) is 4.68. The number of hydrogen-bond donors (Lipinski definition) is 1. The van der Waals surface area contributed by atoms with E-state index in [2.05, 4.69) is 54.4 Å². The molecule has 4 heteroatoms. The van der Waals surface area contributed by atoms with Crippen molar-refractivity contribution in [1.29, 1.82) is 0 Å². The number of methoxy groups -OCH3 is 3. The van der Waals surface area contributed by atoms with E-state index in [4.69, 9.17) is 14.2 Å². The van der Waals surface area contributed by atoms with Crippen LogP contribution in [0, 0.1) is 6.92 Å². The SMILES string of the molecule is COc1cc(OC)c2c(c1)-c1ccccc1[C@H]2c1c(C)[nH]c2ccc(OC)cc12. The zero-order chi connectivity index (χ0) is 20.1. The molecule has 0 saturated heterocycles. The molecule has 0 radical (unpaired) electrons. The number of fused-ring (bicyclic) bond motifs is 4. The molecule has 0 aliphatic heterocycles. The van der Waals surface area contributed by atoms with Crippen molar-refractivity contribution in [3.63, 3.8) is 0 Å². The van der Waals surface area contributed by atoms with E-state index >= 15 is 0 Å². The summed E-state index contributed by atoms with van der Waals surface area (Å²) in [7, 11) is 5.12. The van der Waals surface area contributed by atoms with Gasteiger partial charge in [0, 0.05) is 34.1 Å². The molecule has 1 aliphatic rings. The quantitative estimate of drug-likeness (QED) is 0.434. The topological polar surface area (TPSA) is 43.5 Å². The Labute approximate surface area is 170 Å².